The Bertz CT molecular complexity index is 245. The van der Waals surface area contributed by atoms with Crippen LogP contribution >= 0.6 is 0 Å². The van der Waals surface area contributed by atoms with Gasteiger partial charge in [0.25, 0.3) is 0 Å². The summed E-state index contributed by atoms with van der Waals surface area (Å²) in [6, 6.07) is 10.2. The summed E-state index contributed by atoms with van der Waals surface area (Å²) in [5.41, 5.74) is 3.91. The smallest absolute Gasteiger partial charge is 0.0400 e. The molecule has 0 aliphatic heterocycles. The summed E-state index contributed by atoms with van der Waals surface area (Å²) in [7, 11) is 0. The van der Waals surface area contributed by atoms with E-state index in [0.717, 1.165) is 6.54 Å². The van der Waals surface area contributed by atoms with Crippen LogP contribution in [-0.2, 0) is 6.54 Å². The van der Waals surface area contributed by atoms with Crippen molar-refractivity contribution in [2.45, 2.75) is 6.54 Å². The third kappa shape index (κ3) is 2.74. The molecule has 1 aromatic rings. The summed E-state index contributed by atoms with van der Waals surface area (Å²) in [6.07, 6.45) is 1.72. The van der Waals surface area contributed by atoms with Crippen LogP contribution in [-0.4, -0.2) is 0 Å². The van der Waals surface area contributed by atoms with Crippen LogP contribution in [0.5, 0.6) is 0 Å². The molecule has 0 aromatic heterocycles. The number of rotatable bonds is 3. The van der Waals surface area contributed by atoms with Gasteiger partial charge in [0, 0.05) is 12.7 Å². The lowest BCUT2D eigenvalue weighted by atomic mass is 10.2. The molecule has 0 aliphatic rings. The van der Waals surface area contributed by atoms with Crippen molar-refractivity contribution in [3.63, 3.8) is 0 Å². The summed E-state index contributed by atoms with van der Waals surface area (Å²) >= 11 is 0. The van der Waals surface area contributed by atoms with Crippen molar-refractivity contribution in [1.82, 2.24) is 5.32 Å². The van der Waals surface area contributed by atoms with Gasteiger partial charge in [0.05, 0.1) is 0 Å². The molecule has 0 atom stereocenters. The molecule has 0 radical (unpaired) electrons. The minimum Gasteiger partial charge on any atom is -0.381 e. The molecule has 1 nitrogen and oxygen atoms in total. The van der Waals surface area contributed by atoms with Gasteiger partial charge in [0.1, 0.15) is 0 Å². The lowest BCUT2D eigenvalue weighted by Gasteiger charge is -1.98. The predicted octanol–water partition coefficient (Wildman–Crippen LogP) is 2.07. The predicted molar refractivity (Wildman–Crippen MR) is 47.0 cm³/mol. The maximum atomic E-state index is 3.45. The van der Waals surface area contributed by atoms with Crippen LogP contribution in [0.4, 0.5) is 0 Å². The van der Waals surface area contributed by atoms with Gasteiger partial charge in [-0.3, -0.25) is 0 Å². The van der Waals surface area contributed by atoms with E-state index in [4.69, 9.17) is 0 Å². The van der Waals surface area contributed by atoms with Gasteiger partial charge in [-0.25, -0.2) is 0 Å². The minimum absolute atomic E-state index is 0.837. The van der Waals surface area contributed by atoms with Crippen molar-refractivity contribution in [3.8, 4) is 0 Å². The largest absolute Gasteiger partial charge is 0.381 e. The van der Waals surface area contributed by atoms with E-state index in [0.29, 0.717) is 0 Å². The highest BCUT2D eigenvalue weighted by Gasteiger charge is 1.84. The van der Waals surface area contributed by atoms with Crippen molar-refractivity contribution in [1.29, 1.82) is 0 Å². The normalized spacial score (nSPS) is 8.36. The van der Waals surface area contributed by atoms with Crippen LogP contribution in [0, 0.1) is 0 Å². The maximum Gasteiger partial charge on any atom is 0.0400 e. The van der Waals surface area contributed by atoms with Gasteiger partial charge in [-0.2, -0.15) is 0 Å². The second-order valence-electron chi connectivity index (χ2n) is 2.21. The minimum atomic E-state index is 0.837. The topological polar surface area (TPSA) is 12.0 Å². The number of benzene rings is 1. The van der Waals surface area contributed by atoms with E-state index < -0.39 is 0 Å². The van der Waals surface area contributed by atoms with Gasteiger partial charge in [0.2, 0.25) is 0 Å². The number of hydrogen-bond donors (Lipinski definition) is 1. The standard InChI is InChI=1S/C10H11N/c1-2-8-11-9-10-6-4-3-5-7-10/h3-8,11H,1,9H2. The van der Waals surface area contributed by atoms with E-state index in [1.165, 1.54) is 5.56 Å². The lowest BCUT2D eigenvalue weighted by Crippen LogP contribution is -2.02. The molecule has 0 unspecified atom stereocenters. The molecule has 1 rings (SSSR count). The van der Waals surface area contributed by atoms with Gasteiger partial charge in [-0.1, -0.05) is 36.9 Å². The van der Waals surface area contributed by atoms with Crippen LogP contribution in [0.25, 0.3) is 0 Å². The van der Waals surface area contributed by atoms with E-state index >= 15 is 0 Å². The average Bonchev–Trinajstić information content (AvgIpc) is 2.07. The molecule has 0 saturated carbocycles. The van der Waals surface area contributed by atoms with Gasteiger partial charge in [-0.05, 0) is 5.56 Å². The van der Waals surface area contributed by atoms with E-state index in [1.54, 1.807) is 6.20 Å². The molecule has 1 heteroatoms. The van der Waals surface area contributed by atoms with E-state index in [2.05, 4.69) is 29.8 Å². The average molecular weight is 145 g/mol. The lowest BCUT2D eigenvalue weighted by molar-refractivity contribution is 0.871. The highest BCUT2D eigenvalue weighted by atomic mass is 14.8. The molecular formula is C10H11N. The molecule has 11 heavy (non-hydrogen) atoms. The summed E-state index contributed by atoms with van der Waals surface area (Å²) in [6.45, 7) is 4.29. The van der Waals surface area contributed by atoms with Crippen molar-refractivity contribution in [3.05, 3.63) is 54.4 Å². The highest BCUT2D eigenvalue weighted by Crippen LogP contribution is 1.96. The fourth-order valence-electron chi connectivity index (χ4n) is 0.837. The van der Waals surface area contributed by atoms with Crippen molar-refractivity contribution in [2.24, 2.45) is 0 Å². The fraction of sp³-hybridized carbons (Fsp3) is 0.100. The van der Waals surface area contributed by atoms with Gasteiger partial charge < -0.3 is 5.32 Å². The highest BCUT2D eigenvalue weighted by molar-refractivity contribution is 5.14. The molecule has 0 saturated heterocycles. The van der Waals surface area contributed by atoms with Crippen molar-refractivity contribution < 1.29 is 0 Å². The first-order valence-corrected chi connectivity index (χ1v) is 3.55. The van der Waals surface area contributed by atoms with Crippen LogP contribution < -0.4 is 5.32 Å². The second kappa shape index (κ2) is 4.37. The van der Waals surface area contributed by atoms with Crippen LogP contribution in [0.2, 0.25) is 0 Å². The monoisotopic (exact) mass is 145 g/mol. The van der Waals surface area contributed by atoms with Gasteiger partial charge in [-0.15, -0.1) is 5.73 Å². The quantitative estimate of drug-likeness (QED) is 0.642. The number of nitrogens with one attached hydrogen (secondary N) is 1. The summed E-state index contributed by atoms with van der Waals surface area (Å²) in [4.78, 5) is 0. The Kier molecular flexibility index (Phi) is 3.04. The Morgan fingerprint density at radius 2 is 2.09 bits per heavy atom. The Balaban J connectivity index is 2.45. The third-order valence-electron chi connectivity index (χ3n) is 1.35. The summed E-state index contributed by atoms with van der Waals surface area (Å²) < 4.78 is 0. The van der Waals surface area contributed by atoms with E-state index in [-0.39, 0.29) is 0 Å². The first-order valence-electron chi connectivity index (χ1n) is 3.55. The number of hydrogen-bond acceptors (Lipinski definition) is 1. The van der Waals surface area contributed by atoms with Crippen LogP contribution in [0.15, 0.2) is 48.8 Å². The van der Waals surface area contributed by atoms with Crippen molar-refractivity contribution >= 4 is 0 Å². The molecular weight excluding hydrogens is 134 g/mol. The Morgan fingerprint density at radius 3 is 2.73 bits per heavy atom. The zero-order valence-electron chi connectivity index (χ0n) is 6.38. The first kappa shape index (κ1) is 7.64. The molecule has 0 aliphatic carbocycles. The molecule has 0 fully saturated rings. The molecule has 1 N–H and O–H groups in total. The Morgan fingerprint density at radius 1 is 1.36 bits per heavy atom. The van der Waals surface area contributed by atoms with Crippen molar-refractivity contribution in [2.75, 3.05) is 0 Å². The SMILES string of the molecule is C=C=CNCc1ccccc1. The van der Waals surface area contributed by atoms with Gasteiger partial charge in [0.15, 0.2) is 0 Å². The maximum absolute atomic E-state index is 3.45. The van der Waals surface area contributed by atoms with E-state index in [9.17, 15) is 0 Å². The Labute approximate surface area is 67.1 Å². The zero-order valence-corrected chi connectivity index (χ0v) is 6.38. The zero-order chi connectivity index (χ0) is 7.94. The molecule has 56 valence electrons. The molecule has 0 heterocycles. The van der Waals surface area contributed by atoms with Crippen LogP contribution in [0.3, 0.4) is 0 Å². The van der Waals surface area contributed by atoms with Crippen LogP contribution in [0.1, 0.15) is 5.56 Å². The summed E-state index contributed by atoms with van der Waals surface area (Å²) in [5, 5.41) is 3.05. The first-order chi connectivity index (χ1) is 5.43. The summed E-state index contributed by atoms with van der Waals surface area (Å²) in [5.74, 6) is 0. The van der Waals surface area contributed by atoms with E-state index in [1.807, 2.05) is 18.2 Å². The molecule has 0 amide bonds. The molecule has 1 aromatic carbocycles. The molecule has 0 bridgehead atoms. The molecule has 0 spiro atoms. The Hall–Kier alpha value is -1.46. The fourth-order valence-corrected chi connectivity index (χ4v) is 0.837. The van der Waals surface area contributed by atoms with Gasteiger partial charge >= 0.3 is 0 Å². The second-order valence-corrected chi connectivity index (χ2v) is 2.21. The third-order valence-corrected chi connectivity index (χ3v) is 1.35.